The van der Waals surface area contributed by atoms with Crippen molar-refractivity contribution in [3.63, 3.8) is 0 Å². The second-order valence-corrected chi connectivity index (χ2v) is 4.58. The number of amides is 2. The van der Waals surface area contributed by atoms with Crippen molar-refractivity contribution >= 4 is 23.3 Å². The summed E-state index contributed by atoms with van der Waals surface area (Å²) in [7, 11) is 0. The Morgan fingerprint density at radius 2 is 2.00 bits per heavy atom. The van der Waals surface area contributed by atoms with E-state index in [0.29, 0.717) is 23.0 Å². The van der Waals surface area contributed by atoms with Crippen molar-refractivity contribution in [2.75, 3.05) is 18.5 Å². The number of urea groups is 1. The first-order valence-corrected chi connectivity index (χ1v) is 6.71. The molecule has 0 aliphatic carbocycles. The summed E-state index contributed by atoms with van der Waals surface area (Å²) in [4.78, 5) is 11.6. The summed E-state index contributed by atoms with van der Waals surface area (Å²) >= 11 is 5.93. The number of ether oxygens (including phenoxy) is 1. The number of nitrogens with one attached hydrogen (secondary N) is 2. The second-order valence-electron chi connectivity index (χ2n) is 4.17. The number of rotatable bonds is 5. The quantitative estimate of drug-likeness (QED) is 0.828. The first-order chi connectivity index (χ1) is 10.1. The van der Waals surface area contributed by atoms with Crippen molar-refractivity contribution in [1.82, 2.24) is 5.32 Å². The Balaban J connectivity index is 1.71. The summed E-state index contributed by atoms with van der Waals surface area (Å²) in [6.07, 6.45) is 0. The van der Waals surface area contributed by atoms with Crippen LogP contribution in [0.2, 0.25) is 5.02 Å². The van der Waals surface area contributed by atoms with Crippen molar-refractivity contribution in [3.05, 3.63) is 59.4 Å². The van der Waals surface area contributed by atoms with Gasteiger partial charge in [0.05, 0.1) is 11.6 Å². The molecule has 2 N–H and O–H groups in total. The third-order valence-corrected chi connectivity index (χ3v) is 2.88. The lowest BCUT2D eigenvalue weighted by atomic mass is 10.3. The van der Waals surface area contributed by atoms with Crippen LogP contribution in [0.15, 0.2) is 48.5 Å². The molecule has 0 aliphatic heterocycles. The zero-order chi connectivity index (χ0) is 15.1. The first-order valence-electron chi connectivity index (χ1n) is 6.33. The summed E-state index contributed by atoms with van der Waals surface area (Å²) < 4.78 is 18.4. The molecule has 0 fully saturated rings. The van der Waals surface area contributed by atoms with Crippen molar-refractivity contribution in [2.45, 2.75) is 0 Å². The second kappa shape index (κ2) is 7.50. The average Bonchev–Trinajstić information content (AvgIpc) is 2.45. The van der Waals surface area contributed by atoms with Gasteiger partial charge in [-0.3, -0.25) is 0 Å². The molecule has 0 aliphatic rings. The van der Waals surface area contributed by atoms with Gasteiger partial charge in [-0.25, -0.2) is 9.18 Å². The third-order valence-electron chi connectivity index (χ3n) is 2.56. The highest BCUT2D eigenvalue weighted by atomic mass is 35.5. The van der Waals surface area contributed by atoms with E-state index in [1.165, 1.54) is 18.2 Å². The molecular formula is C15H14ClFN2O2. The van der Waals surface area contributed by atoms with Gasteiger partial charge >= 0.3 is 6.03 Å². The molecule has 0 spiro atoms. The van der Waals surface area contributed by atoms with E-state index < -0.39 is 11.8 Å². The molecule has 0 aromatic heterocycles. The van der Waals surface area contributed by atoms with Crippen LogP contribution in [-0.4, -0.2) is 19.2 Å². The van der Waals surface area contributed by atoms with Crippen LogP contribution < -0.4 is 15.4 Å². The van der Waals surface area contributed by atoms with E-state index in [2.05, 4.69) is 10.6 Å². The standard InChI is InChI=1S/C15H14ClFN2O2/c16-13-6-1-2-7-14(13)21-9-8-18-15(20)19-12-5-3-4-11(17)10-12/h1-7,10H,8-9H2,(H2,18,19,20). The summed E-state index contributed by atoms with van der Waals surface area (Å²) in [6.45, 7) is 0.576. The largest absolute Gasteiger partial charge is 0.490 e. The Kier molecular flexibility index (Phi) is 5.40. The van der Waals surface area contributed by atoms with E-state index in [1.54, 1.807) is 24.3 Å². The molecule has 0 saturated heterocycles. The molecule has 21 heavy (non-hydrogen) atoms. The first kappa shape index (κ1) is 15.1. The summed E-state index contributed by atoms with van der Waals surface area (Å²) in [6, 6.07) is 12.3. The van der Waals surface area contributed by atoms with Crippen LogP contribution in [0.1, 0.15) is 0 Å². The topological polar surface area (TPSA) is 50.4 Å². The van der Waals surface area contributed by atoms with Gasteiger partial charge < -0.3 is 15.4 Å². The maximum absolute atomic E-state index is 12.9. The molecule has 2 rings (SSSR count). The molecule has 6 heteroatoms. The van der Waals surface area contributed by atoms with E-state index in [-0.39, 0.29) is 6.61 Å². The predicted octanol–water partition coefficient (Wildman–Crippen LogP) is 3.68. The van der Waals surface area contributed by atoms with Crippen molar-refractivity contribution < 1.29 is 13.9 Å². The highest BCUT2D eigenvalue weighted by molar-refractivity contribution is 6.32. The van der Waals surface area contributed by atoms with Gasteiger partial charge in [-0.1, -0.05) is 29.8 Å². The summed E-state index contributed by atoms with van der Waals surface area (Å²) in [5, 5.41) is 5.64. The molecule has 2 aromatic rings. The Morgan fingerprint density at radius 3 is 2.76 bits per heavy atom. The van der Waals surface area contributed by atoms with Crippen molar-refractivity contribution in [2.24, 2.45) is 0 Å². The SMILES string of the molecule is O=C(NCCOc1ccccc1Cl)Nc1cccc(F)c1. The van der Waals surface area contributed by atoms with Gasteiger partial charge in [0.15, 0.2) is 0 Å². The van der Waals surface area contributed by atoms with Crippen molar-refractivity contribution in [1.29, 1.82) is 0 Å². The highest BCUT2D eigenvalue weighted by Crippen LogP contribution is 2.22. The number of hydrogen-bond donors (Lipinski definition) is 2. The fourth-order valence-electron chi connectivity index (χ4n) is 1.63. The molecule has 2 amide bonds. The normalized spacial score (nSPS) is 10.0. The van der Waals surface area contributed by atoms with E-state index in [4.69, 9.17) is 16.3 Å². The highest BCUT2D eigenvalue weighted by Gasteiger charge is 2.03. The maximum atomic E-state index is 12.9. The Hall–Kier alpha value is -2.27. The smallest absolute Gasteiger partial charge is 0.319 e. The molecule has 0 heterocycles. The summed E-state index contributed by atoms with van der Waals surface area (Å²) in [5.74, 6) is 0.154. The Morgan fingerprint density at radius 1 is 1.19 bits per heavy atom. The van der Waals surface area contributed by atoms with E-state index in [9.17, 15) is 9.18 Å². The maximum Gasteiger partial charge on any atom is 0.319 e. The lowest BCUT2D eigenvalue weighted by Gasteiger charge is -2.10. The van der Waals surface area contributed by atoms with Gasteiger partial charge in [0.1, 0.15) is 18.2 Å². The van der Waals surface area contributed by atoms with Crippen LogP contribution in [0.3, 0.4) is 0 Å². The minimum atomic E-state index is -0.427. The predicted molar refractivity (Wildman–Crippen MR) is 80.4 cm³/mol. The molecular weight excluding hydrogens is 295 g/mol. The summed E-state index contributed by atoms with van der Waals surface area (Å²) in [5.41, 5.74) is 0.388. The molecule has 0 saturated carbocycles. The lowest BCUT2D eigenvalue weighted by Crippen LogP contribution is -2.32. The third kappa shape index (κ3) is 4.96. The van der Waals surface area contributed by atoms with Gasteiger partial charge in [-0.05, 0) is 30.3 Å². The molecule has 0 bridgehead atoms. The van der Waals surface area contributed by atoms with Gasteiger partial charge in [-0.15, -0.1) is 0 Å². The van der Waals surface area contributed by atoms with Gasteiger partial charge in [0.2, 0.25) is 0 Å². The molecule has 0 unspecified atom stereocenters. The van der Waals surface area contributed by atoms with Crippen LogP contribution in [-0.2, 0) is 0 Å². The van der Waals surface area contributed by atoms with Crippen LogP contribution >= 0.6 is 11.6 Å². The molecule has 4 nitrogen and oxygen atoms in total. The zero-order valence-electron chi connectivity index (χ0n) is 11.1. The molecule has 2 aromatic carbocycles. The number of carbonyl (C=O) groups excluding carboxylic acids is 1. The number of anilines is 1. The molecule has 0 radical (unpaired) electrons. The average molecular weight is 309 g/mol. The fourth-order valence-corrected chi connectivity index (χ4v) is 1.82. The number of halogens is 2. The van der Waals surface area contributed by atoms with Gasteiger partial charge in [0, 0.05) is 5.69 Å². The van der Waals surface area contributed by atoms with Gasteiger partial charge in [-0.2, -0.15) is 0 Å². The van der Waals surface area contributed by atoms with Crippen LogP contribution in [0.5, 0.6) is 5.75 Å². The van der Waals surface area contributed by atoms with Crippen LogP contribution in [0, 0.1) is 5.82 Å². The zero-order valence-corrected chi connectivity index (χ0v) is 11.9. The number of hydrogen-bond acceptors (Lipinski definition) is 2. The fraction of sp³-hybridized carbons (Fsp3) is 0.133. The number of carbonyl (C=O) groups is 1. The van der Waals surface area contributed by atoms with Crippen LogP contribution in [0.25, 0.3) is 0 Å². The lowest BCUT2D eigenvalue weighted by molar-refractivity contribution is 0.247. The Labute approximate surface area is 126 Å². The van der Waals surface area contributed by atoms with E-state index in [1.807, 2.05) is 6.07 Å². The van der Waals surface area contributed by atoms with E-state index in [0.717, 1.165) is 0 Å². The van der Waals surface area contributed by atoms with Gasteiger partial charge in [0.25, 0.3) is 0 Å². The number of benzene rings is 2. The van der Waals surface area contributed by atoms with E-state index >= 15 is 0 Å². The van der Waals surface area contributed by atoms with Crippen LogP contribution in [0.4, 0.5) is 14.9 Å². The minimum absolute atomic E-state index is 0.278. The Bertz CT molecular complexity index is 622. The molecule has 110 valence electrons. The molecule has 0 atom stereocenters. The van der Waals surface area contributed by atoms with Crippen molar-refractivity contribution in [3.8, 4) is 5.75 Å². The number of para-hydroxylation sites is 1. The monoisotopic (exact) mass is 308 g/mol. The minimum Gasteiger partial charge on any atom is -0.490 e.